The molecule has 2 atom stereocenters. The molecule has 0 bridgehead atoms. The Morgan fingerprint density at radius 2 is 1.59 bits per heavy atom. The first-order chi connectivity index (χ1) is 21.2. The predicted molar refractivity (Wildman–Crippen MR) is 170 cm³/mol. The van der Waals surface area contributed by atoms with Gasteiger partial charge in [0, 0.05) is 32.2 Å². The Morgan fingerprint density at radius 3 is 2.30 bits per heavy atom. The third-order valence-corrected chi connectivity index (χ3v) is 11.3. The molecule has 0 spiro atoms. The van der Waals surface area contributed by atoms with E-state index in [1.54, 1.807) is 29.2 Å². The lowest BCUT2D eigenvalue weighted by atomic mass is 9.84. The smallest absolute Gasteiger partial charge is 0.265 e. The van der Waals surface area contributed by atoms with Crippen molar-refractivity contribution in [2.24, 2.45) is 5.92 Å². The zero-order valence-electron chi connectivity index (χ0n) is 24.1. The molecule has 6 rings (SSSR count). The van der Waals surface area contributed by atoms with Gasteiger partial charge < -0.3 is 15.0 Å². The van der Waals surface area contributed by atoms with E-state index in [1.807, 2.05) is 6.07 Å². The van der Waals surface area contributed by atoms with Crippen molar-refractivity contribution in [1.82, 2.24) is 9.80 Å². The van der Waals surface area contributed by atoms with E-state index in [0.29, 0.717) is 37.9 Å². The van der Waals surface area contributed by atoms with Gasteiger partial charge in [-0.3, -0.25) is 18.8 Å². The zero-order chi connectivity index (χ0) is 30.8. The van der Waals surface area contributed by atoms with Gasteiger partial charge in [0.15, 0.2) is 0 Å². The molecule has 3 aromatic rings. The first-order valence-corrected chi connectivity index (χ1v) is 17.0. The minimum Gasteiger partial charge on any atom is -0.379 e. The highest BCUT2D eigenvalue weighted by molar-refractivity contribution is 7.93. The van der Waals surface area contributed by atoms with Crippen molar-refractivity contribution in [2.45, 2.75) is 36.2 Å². The summed E-state index contributed by atoms with van der Waals surface area (Å²) in [6, 6.07) is 20.1. The lowest BCUT2D eigenvalue weighted by molar-refractivity contribution is -0.135. The Balaban J connectivity index is 1.22. The fraction of sp³-hybridized carbons (Fsp3) is 0.375. The summed E-state index contributed by atoms with van der Waals surface area (Å²) in [6.45, 7) is 4.19. The number of piperidine rings is 1. The maximum atomic E-state index is 14.0. The van der Waals surface area contributed by atoms with Crippen LogP contribution in [0.2, 0.25) is 10.0 Å². The fourth-order valence-electron chi connectivity index (χ4n) is 6.53. The van der Waals surface area contributed by atoms with E-state index >= 15 is 0 Å². The molecule has 232 valence electrons. The van der Waals surface area contributed by atoms with E-state index in [-0.39, 0.29) is 39.0 Å². The molecule has 3 aliphatic rings. The molecular weight excluding hydrogens is 623 g/mol. The number of carbonyl (C=O) groups is 2. The Morgan fingerprint density at radius 1 is 0.909 bits per heavy atom. The van der Waals surface area contributed by atoms with Gasteiger partial charge in [-0.2, -0.15) is 0 Å². The van der Waals surface area contributed by atoms with Gasteiger partial charge in [-0.1, -0.05) is 65.7 Å². The number of ether oxygens (including phenoxy) is 1. The van der Waals surface area contributed by atoms with Gasteiger partial charge in [0.25, 0.3) is 10.0 Å². The van der Waals surface area contributed by atoms with E-state index in [0.717, 1.165) is 30.2 Å². The third-order valence-electron chi connectivity index (χ3n) is 8.72. The van der Waals surface area contributed by atoms with E-state index in [9.17, 15) is 18.0 Å². The van der Waals surface area contributed by atoms with Crippen molar-refractivity contribution in [3.05, 3.63) is 88.4 Å². The number of likely N-dealkylation sites (tertiary alicyclic amines) is 1. The Kier molecular flexibility index (Phi) is 9.16. The maximum absolute atomic E-state index is 14.0. The predicted octanol–water partition coefficient (Wildman–Crippen LogP) is 5.21. The molecule has 1 N–H and O–H groups in total. The lowest BCUT2D eigenvalue weighted by Crippen LogP contribution is -2.53. The number of benzene rings is 3. The fourth-order valence-corrected chi connectivity index (χ4v) is 8.55. The van der Waals surface area contributed by atoms with E-state index in [1.165, 1.54) is 23.8 Å². The number of rotatable bonds is 7. The number of amides is 2. The minimum atomic E-state index is -4.29. The van der Waals surface area contributed by atoms with E-state index < -0.39 is 22.0 Å². The number of anilines is 2. The summed E-state index contributed by atoms with van der Waals surface area (Å²) in [5, 5.41) is 3.07. The molecule has 44 heavy (non-hydrogen) atoms. The van der Waals surface area contributed by atoms with Crippen LogP contribution in [-0.2, 0) is 24.3 Å². The highest BCUT2D eigenvalue weighted by Gasteiger charge is 2.43. The second-order valence-electron chi connectivity index (χ2n) is 11.3. The van der Waals surface area contributed by atoms with Crippen LogP contribution in [0.1, 0.15) is 30.9 Å². The standard InChI is InChI=1S/C32H34Cl2N4O5S/c33-25-11-10-24(20-26(25)34)44(41,42)38-28-9-5-4-8-27(28)35-32(40)29(38)21-30(39)36-14-12-23(13-15-36)31(22-6-2-1-3-7-22)37-16-18-43-19-17-37/h1-11,20,23,29,31H,12-19,21H2,(H,35,40). The van der Waals surface area contributed by atoms with Gasteiger partial charge >= 0.3 is 0 Å². The number of para-hydroxylation sites is 2. The summed E-state index contributed by atoms with van der Waals surface area (Å²) in [7, 11) is -4.29. The van der Waals surface area contributed by atoms with Crippen LogP contribution in [0.25, 0.3) is 0 Å². The van der Waals surface area contributed by atoms with Crippen molar-refractivity contribution in [3.8, 4) is 0 Å². The molecular formula is C32H34Cl2N4O5S. The monoisotopic (exact) mass is 656 g/mol. The van der Waals surface area contributed by atoms with Crippen LogP contribution < -0.4 is 9.62 Å². The average molecular weight is 658 g/mol. The molecule has 2 fully saturated rings. The molecule has 0 saturated carbocycles. The van der Waals surface area contributed by atoms with Crippen molar-refractivity contribution in [1.29, 1.82) is 0 Å². The highest BCUT2D eigenvalue weighted by Crippen LogP contribution is 2.39. The van der Waals surface area contributed by atoms with Gasteiger partial charge in [-0.05, 0) is 54.7 Å². The van der Waals surface area contributed by atoms with E-state index in [4.69, 9.17) is 27.9 Å². The molecule has 2 amide bonds. The van der Waals surface area contributed by atoms with Gasteiger partial charge in [0.2, 0.25) is 11.8 Å². The van der Waals surface area contributed by atoms with Gasteiger partial charge in [0.05, 0.1) is 46.0 Å². The van der Waals surface area contributed by atoms with Crippen LogP contribution in [0.4, 0.5) is 11.4 Å². The summed E-state index contributed by atoms with van der Waals surface area (Å²) in [6.07, 6.45) is 1.30. The van der Waals surface area contributed by atoms with Crippen molar-refractivity contribution >= 4 is 56.4 Å². The lowest BCUT2D eigenvalue weighted by Gasteiger charge is -2.43. The second kappa shape index (κ2) is 13.1. The highest BCUT2D eigenvalue weighted by atomic mass is 35.5. The van der Waals surface area contributed by atoms with E-state index in [2.05, 4.69) is 34.5 Å². The SMILES string of the molecule is O=C1Nc2ccccc2N(S(=O)(=O)c2ccc(Cl)c(Cl)c2)C1CC(=O)N1CCC(C(c2ccccc2)N2CCOCC2)CC1. The van der Waals surface area contributed by atoms with Gasteiger partial charge in [-0.15, -0.1) is 0 Å². The molecule has 2 saturated heterocycles. The molecule has 3 aromatic carbocycles. The van der Waals surface area contributed by atoms with Crippen LogP contribution in [0.5, 0.6) is 0 Å². The molecule has 3 aliphatic heterocycles. The second-order valence-corrected chi connectivity index (χ2v) is 14.0. The number of sulfonamides is 1. The number of fused-ring (bicyclic) bond motifs is 1. The Hall–Kier alpha value is -3.15. The zero-order valence-corrected chi connectivity index (χ0v) is 26.4. The summed E-state index contributed by atoms with van der Waals surface area (Å²) in [4.78, 5) is 31.3. The number of nitrogens with one attached hydrogen (secondary N) is 1. The first-order valence-electron chi connectivity index (χ1n) is 14.8. The van der Waals surface area contributed by atoms with Crippen molar-refractivity contribution < 1.29 is 22.7 Å². The van der Waals surface area contributed by atoms with Crippen molar-refractivity contribution in [2.75, 3.05) is 49.0 Å². The van der Waals surface area contributed by atoms with Gasteiger partial charge in [0.1, 0.15) is 6.04 Å². The summed E-state index contributed by atoms with van der Waals surface area (Å²) in [5.74, 6) is -0.483. The van der Waals surface area contributed by atoms with Crippen LogP contribution in [-0.4, -0.2) is 75.5 Å². The number of hydrogen-bond acceptors (Lipinski definition) is 6. The largest absolute Gasteiger partial charge is 0.379 e. The first kappa shape index (κ1) is 30.9. The average Bonchev–Trinajstić information content (AvgIpc) is 3.04. The number of nitrogens with zero attached hydrogens (tertiary/aromatic N) is 3. The molecule has 0 aliphatic carbocycles. The van der Waals surface area contributed by atoms with Crippen molar-refractivity contribution in [3.63, 3.8) is 0 Å². The number of hydrogen-bond donors (Lipinski definition) is 1. The van der Waals surface area contributed by atoms with Crippen LogP contribution in [0.15, 0.2) is 77.7 Å². The summed E-state index contributed by atoms with van der Waals surface area (Å²) < 4.78 is 34.7. The molecule has 3 heterocycles. The molecule has 2 unspecified atom stereocenters. The molecule has 0 radical (unpaired) electrons. The van der Waals surface area contributed by atoms with Crippen LogP contribution in [0.3, 0.4) is 0 Å². The number of halogens is 2. The van der Waals surface area contributed by atoms with Crippen LogP contribution >= 0.6 is 23.2 Å². The Labute approximate surface area is 267 Å². The molecule has 12 heteroatoms. The third kappa shape index (κ3) is 6.19. The minimum absolute atomic E-state index is 0.0730. The quantitative estimate of drug-likeness (QED) is 0.375. The number of morpholine rings is 1. The molecule has 0 aromatic heterocycles. The van der Waals surface area contributed by atoms with Crippen LogP contribution in [0, 0.1) is 5.92 Å². The van der Waals surface area contributed by atoms with Gasteiger partial charge in [-0.25, -0.2) is 8.42 Å². The normalized spacial score (nSPS) is 20.6. The molecule has 9 nitrogen and oxygen atoms in total. The summed E-state index contributed by atoms with van der Waals surface area (Å²) in [5.41, 5.74) is 1.89. The number of carbonyl (C=O) groups excluding carboxylic acids is 2. The maximum Gasteiger partial charge on any atom is 0.265 e. The topological polar surface area (TPSA) is 99.3 Å². The Bertz CT molecular complexity index is 1630. The summed E-state index contributed by atoms with van der Waals surface area (Å²) >= 11 is 12.2.